The number of rotatable bonds is 1. The summed E-state index contributed by atoms with van der Waals surface area (Å²) in [6.45, 7) is 3.85. The molecule has 1 aromatic heterocycles. The smallest absolute Gasteiger partial charge is 0.245 e. The van der Waals surface area contributed by atoms with Crippen LogP contribution in [0.4, 0.5) is 5.69 Å². The van der Waals surface area contributed by atoms with Gasteiger partial charge in [0, 0.05) is 16.9 Å². The Morgan fingerprint density at radius 1 is 1.42 bits per heavy atom. The highest BCUT2D eigenvalue weighted by atomic mass is 16.5. The molecule has 0 unspecified atom stereocenters. The van der Waals surface area contributed by atoms with Crippen LogP contribution < -0.4 is 15.8 Å². The van der Waals surface area contributed by atoms with Crippen molar-refractivity contribution in [2.24, 2.45) is 5.73 Å². The summed E-state index contributed by atoms with van der Waals surface area (Å²) in [7, 11) is 0. The maximum atomic E-state index is 13.2. The zero-order valence-electron chi connectivity index (χ0n) is 13.2. The molecule has 0 saturated carbocycles. The molecule has 1 atom stereocenters. The average Bonchev–Trinajstić information content (AvgIpc) is 3.08. The minimum absolute atomic E-state index is 0.0922. The van der Waals surface area contributed by atoms with Crippen LogP contribution in [0.1, 0.15) is 29.3 Å². The van der Waals surface area contributed by atoms with Crippen LogP contribution in [0.5, 0.6) is 5.88 Å². The van der Waals surface area contributed by atoms with E-state index in [9.17, 15) is 10.1 Å². The number of benzene rings is 1. The van der Waals surface area contributed by atoms with E-state index in [2.05, 4.69) is 21.6 Å². The third kappa shape index (κ3) is 1.45. The molecule has 7 nitrogen and oxygen atoms in total. The molecule has 2 aliphatic heterocycles. The van der Waals surface area contributed by atoms with E-state index in [4.69, 9.17) is 10.5 Å². The highest BCUT2D eigenvalue weighted by molar-refractivity contribution is 6.13. The fourth-order valence-corrected chi connectivity index (χ4v) is 3.76. The van der Waals surface area contributed by atoms with Crippen LogP contribution in [0.25, 0.3) is 0 Å². The van der Waals surface area contributed by atoms with Crippen molar-refractivity contribution >= 4 is 11.6 Å². The van der Waals surface area contributed by atoms with Crippen LogP contribution >= 0.6 is 0 Å². The fraction of sp³-hybridized carbons (Fsp3) is 0.235. The van der Waals surface area contributed by atoms with Crippen LogP contribution in [-0.2, 0) is 16.6 Å². The van der Waals surface area contributed by atoms with Crippen molar-refractivity contribution in [1.82, 2.24) is 10.2 Å². The lowest BCUT2D eigenvalue weighted by molar-refractivity contribution is -0.118. The standard InChI is InChI=1S/C17H15N5O2/c1-3-10-13-15(22-21-10)24-14(19)9(7-18)17(13)12-8(2)5-4-6-11(12)20-16(17)23/h4-6H,3,19H2,1-2H3,(H,20,23)(H,21,22)/t17-/m0/s1. The third-order valence-electron chi connectivity index (χ3n) is 4.71. The first-order chi connectivity index (χ1) is 11.6. The zero-order chi connectivity index (χ0) is 17.1. The number of H-pyrrole nitrogens is 1. The molecule has 0 saturated heterocycles. The normalized spacial score (nSPS) is 21.1. The van der Waals surface area contributed by atoms with Crippen molar-refractivity contribution in [2.45, 2.75) is 25.7 Å². The second kappa shape index (κ2) is 4.61. The Bertz CT molecular complexity index is 966. The molecular formula is C17H15N5O2. The van der Waals surface area contributed by atoms with Crippen LogP contribution in [0.15, 0.2) is 29.7 Å². The number of carbonyl (C=O) groups excluding carboxylic acids is 1. The van der Waals surface area contributed by atoms with Crippen molar-refractivity contribution in [1.29, 1.82) is 5.26 Å². The number of fused-ring (bicyclic) bond motifs is 4. The lowest BCUT2D eigenvalue weighted by Gasteiger charge is -2.32. The summed E-state index contributed by atoms with van der Waals surface area (Å²) in [5, 5.41) is 19.7. The van der Waals surface area contributed by atoms with Crippen molar-refractivity contribution < 1.29 is 9.53 Å². The molecule has 0 aliphatic carbocycles. The first-order valence-corrected chi connectivity index (χ1v) is 7.63. The highest BCUT2D eigenvalue weighted by Crippen LogP contribution is 2.54. The number of nitriles is 1. The molecule has 4 rings (SSSR count). The summed E-state index contributed by atoms with van der Waals surface area (Å²) >= 11 is 0. The number of aryl methyl sites for hydroxylation is 2. The topological polar surface area (TPSA) is 117 Å². The minimum Gasteiger partial charge on any atom is -0.420 e. The number of nitrogens with zero attached hydrogens (tertiary/aromatic N) is 2. The summed E-state index contributed by atoms with van der Waals surface area (Å²) < 4.78 is 5.52. The molecule has 7 heteroatoms. The maximum absolute atomic E-state index is 13.2. The zero-order valence-corrected chi connectivity index (χ0v) is 13.2. The summed E-state index contributed by atoms with van der Waals surface area (Å²) in [5.41, 5.74) is 8.36. The van der Waals surface area contributed by atoms with E-state index in [1.807, 2.05) is 32.0 Å². The van der Waals surface area contributed by atoms with Gasteiger partial charge in [0.1, 0.15) is 17.1 Å². The molecule has 4 N–H and O–H groups in total. The van der Waals surface area contributed by atoms with Crippen molar-refractivity contribution in [3.05, 3.63) is 52.0 Å². The van der Waals surface area contributed by atoms with Crippen LogP contribution in [-0.4, -0.2) is 16.1 Å². The molecule has 0 bridgehead atoms. The van der Waals surface area contributed by atoms with E-state index in [0.717, 1.165) is 16.8 Å². The summed E-state index contributed by atoms with van der Waals surface area (Å²) in [5.74, 6) is -0.160. The first-order valence-electron chi connectivity index (χ1n) is 7.63. The number of aromatic amines is 1. The molecule has 1 amide bonds. The monoisotopic (exact) mass is 321 g/mol. The van der Waals surface area contributed by atoms with Crippen molar-refractivity contribution in [3.63, 3.8) is 0 Å². The molecule has 120 valence electrons. The molecular weight excluding hydrogens is 306 g/mol. The molecule has 0 radical (unpaired) electrons. The van der Waals surface area contributed by atoms with Gasteiger partial charge in [-0.05, 0) is 25.0 Å². The van der Waals surface area contributed by atoms with E-state index in [1.165, 1.54) is 0 Å². The Morgan fingerprint density at radius 2 is 2.21 bits per heavy atom. The number of hydrogen-bond acceptors (Lipinski definition) is 5. The lowest BCUT2D eigenvalue weighted by atomic mass is 9.67. The molecule has 0 fully saturated rings. The van der Waals surface area contributed by atoms with E-state index in [0.29, 0.717) is 17.7 Å². The van der Waals surface area contributed by atoms with Gasteiger partial charge >= 0.3 is 0 Å². The summed E-state index contributed by atoms with van der Waals surface area (Å²) in [6, 6.07) is 7.69. The van der Waals surface area contributed by atoms with Gasteiger partial charge in [0.25, 0.3) is 0 Å². The Morgan fingerprint density at radius 3 is 2.92 bits per heavy atom. The predicted octanol–water partition coefficient (Wildman–Crippen LogP) is 1.60. The van der Waals surface area contributed by atoms with E-state index < -0.39 is 5.41 Å². The minimum atomic E-state index is -1.33. The fourth-order valence-electron chi connectivity index (χ4n) is 3.76. The number of hydrogen-bond donors (Lipinski definition) is 3. The van der Waals surface area contributed by atoms with Gasteiger partial charge in [-0.2, -0.15) is 5.26 Å². The lowest BCUT2D eigenvalue weighted by Crippen LogP contribution is -2.43. The highest BCUT2D eigenvalue weighted by Gasteiger charge is 2.59. The SMILES string of the molecule is CCc1[nH]nc2c1[C@]1(C(=O)Nc3cccc(C)c31)C(C#N)=C(N)O2. The van der Waals surface area contributed by atoms with Gasteiger partial charge < -0.3 is 15.8 Å². The Hall–Kier alpha value is -3.27. The van der Waals surface area contributed by atoms with E-state index in [1.54, 1.807) is 0 Å². The Balaban J connectivity index is 2.20. The Kier molecular flexibility index (Phi) is 2.76. The maximum Gasteiger partial charge on any atom is 0.245 e. The van der Waals surface area contributed by atoms with Gasteiger partial charge in [0.2, 0.25) is 17.7 Å². The van der Waals surface area contributed by atoms with Gasteiger partial charge in [0.05, 0.1) is 5.56 Å². The predicted molar refractivity (Wildman–Crippen MR) is 86.0 cm³/mol. The van der Waals surface area contributed by atoms with Crippen LogP contribution in [0.2, 0.25) is 0 Å². The average molecular weight is 321 g/mol. The van der Waals surface area contributed by atoms with Gasteiger partial charge in [-0.1, -0.05) is 19.1 Å². The molecule has 1 aromatic carbocycles. The number of ether oxygens (including phenoxy) is 1. The van der Waals surface area contributed by atoms with Gasteiger partial charge in [-0.25, -0.2) is 0 Å². The van der Waals surface area contributed by atoms with Gasteiger partial charge in [-0.15, -0.1) is 5.10 Å². The van der Waals surface area contributed by atoms with E-state index in [-0.39, 0.29) is 23.2 Å². The largest absolute Gasteiger partial charge is 0.420 e. The number of nitrogens with one attached hydrogen (secondary N) is 2. The van der Waals surface area contributed by atoms with Crippen LogP contribution in [0, 0.1) is 18.3 Å². The molecule has 24 heavy (non-hydrogen) atoms. The van der Waals surface area contributed by atoms with Crippen molar-refractivity contribution in [3.8, 4) is 11.9 Å². The summed E-state index contributed by atoms with van der Waals surface area (Å²) in [6.07, 6.45) is 0.612. The van der Waals surface area contributed by atoms with E-state index >= 15 is 0 Å². The molecule has 2 aliphatic rings. The van der Waals surface area contributed by atoms with Crippen LogP contribution in [0.3, 0.4) is 0 Å². The quantitative estimate of drug-likeness (QED) is 0.737. The van der Waals surface area contributed by atoms with Crippen molar-refractivity contribution in [2.75, 3.05) is 5.32 Å². The number of anilines is 1. The number of nitrogens with two attached hydrogens (primary N) is 1. The Labute approximate surface area is 138 Å². The molecule has 2 aromatic rings. The third-order valence-corrected chi connectivity index (χ3v) is 4.71. The number of carbonyl (C=O) groups is 1. The number of aromatic nitrogens is 2. The summed E-state index contributed by atoms with van der Waals surface area (Å²) in [4.78, 5) is 13.2. The van der Waals surface area contributed by atoms with Gasteiger partial charge in [-0.3, -0.25) is 9.89 Å². The second-order valence-electron chi connectivity index (χ2n) is 5.89. The molecule has 3 heterocycles. The first kappa shape index (κ1) is 14.3. The number of amides is 1. The second-order valence-corrected chi connectivity index (χ2v) is 5.89. The molecule has 1 spiro atoms. The van der Waals surface area contributed by atoms with Gasteiger partial charge in [0.15, 0.2) is 0 Å².